The van der Waals surface area contributed by atoms with Crippen molar-refractivity contribution in [1.29, 1.82) is 0 Å². The van der Waals surface area contributed by atoms with E-state index in [0.29, 0.717) is 5.75 Å². The molecule has 0 fully saturated rings. The number of phosphoric acid groups is 1. The first-order valence-electron chi connectivity index (χ1n) is 6.02. The molecule has 0 aliphatic carbocycles. The third-order valence-corrected chi connectivity index (χ3v) is 3.65. The highest BCUT2D eigenvalue weighted by Crippen LogP contribution is 2.50. The van der Waals surface area contributed by atoms with Gasteiger partial charge in [0.05, 0.1) is 26.9 Å². The third-order valence-electron chi connectivity index (χ3n) is 2.27. The van der Waals surface area contributed by atoms with Gasteiger partial charge in [-0.15, -0.1) is 13.2 Å². The number of benzene rings is 1. The van der Waals surface area contributed by atoms with E-state index in [9.17, 15) is 4.57 Å². The average molecular weight is 298 g/mol. The second kappa shape index (κ2) is 8.72. The van der Waals surface area contributed by atoms with Crippen molar-refractivity contribution in [1.82, 2.24) is 0 Å². The molecular weight excluding hydrogens is 279 g/mol. The minimum Gasteiger partial charge on any atom is -0.496 e. The van der Waals surface area contributed by atoms with Crippen LogP contribution in [-0.2, 0) is 24.7 Å². The number of hydrogen-bond acceptors (Lipinski definition) is 5. The molecule has 0 saturated heterocycles. The zero-order valence-electron chi connectivity index (χ0n) is 11.5. The maximum absolute atomic E-state index is 12.3. The molecule has 0 bridgehead atoms. The summed E-state index contributed by atoms with van der Waals surface area (Å²) >= 11 is 0. The molecular formula is C14H19O5P. The van der Waals surface area contributed by atoms with Gasteiger partial charge in [-0.05, 0) is 6.07 Å². The monoisotopic (exact) mass is 298 g/mol. The lowest BCUT2D eigenvalue weighted by atomic mass is 10.2. The Morgan fingerprint density at radius 2 is 1.70 bits per heavy atom. The van der Waals surface area contributed by atoms with E-state index in [0.717, 1.165) is 5.56 Å². The zero-order chi connectivity index (χ0) is 14.8. The van der Waals surface area contributed by atoms with Crippen molar-refractivity contribution in [2.45, 2.75) is 6.61 Å². The third kappa shape index (κ3) is 5.31. The summed E-state index contributed by atoms with van der Waals surface area (Å²) in [5, 5.41) is 0. The predicted molar refractivity (Wildman–Crippen MR) is 77.7 cm³/mol. The van der Waals surface area contributed by atoms with E-state index in [-0.39, 0.29) is 19.8 Å². The molecule has 0 aliphatic rings. The molecule has 5 nitrogen and oxygen atoms in total. The van der Waals surface area contributed by atoms with Crippen molar-refractivity contribution in [2.75, 3.05) is 20.3 Å². The Labute approximate surface area is 119 Å². The quantitative estimate of drug-likeness (QED) is 0.486. The molecule has 6 heteroatoms. The number of ether oxygens (including phenoxy) is 1. The summed E-state index contributed by atoms with van der Waals surface area (Å²) < 4.78 is 32.9. The van der Waals surface area contributed by atoms with Crippen molar-refractivity contribution in [3.8, 4) is 5.75 Å². The fraction of sp³-hybridized carbons (Fsp3) is 0.286. The van der Waals surface area contributed by atoms with Gasteiger partial charge >= 0.3 is 7.82 Å². The maximum atomic E-state index is 12.3. The van der Waals surface area contributed by atoms with Crippen molar-refractivity contribution in [2.24, 2.45) is 0 Å². The lowest BCUT2D eigenvalue weighted by Gasteiger charge is -2.17. The summed E-state index contributed by atoms with van der Waals surface area (Å²) in [5.41, 5.74) is 0.750. The van der Waals surface area contributed by atoms with E-state index in [2.05, 4.69) is 13.2 Å². The predicted octanol–water partition coefficient (Wildman–Crippen LogP) is 3.73. The molecule has 0 aromatic heterocycles. The highest BCUT2D eigenvalue weighted by Gasteiger charge is 2.26. The first-order valence-corrected chi connectivity index (χ1v) is 7.48. The van der Waals surface area contributed by atoms with Gasteiger partial charge in [-0.3, -0.25) is 13.6 Å². The highest BCUT2D eigenvalue weighted by molar-refractivity contribution is 7.48. The summed E-state index contributed by atoms with van der Waals surface area (Å²) in [6.07, 6.45) is 2.94. The molecule has 1 rings (SSSR count). The molecule has 0 saturated carbocycles. The van der Waals surface area contributed by atoms with Crippen molar-refractivity contribution >= 4 is 7.82 Å². The van der Waals surface area contributed by atoms with Gasteiger partial charge in [0, 0.05) is 5.56 Å². The Morgan fingerprint density at radius 3 is 2.25 bits per heavy atom. The molecule has 0 unspecified atom stereocenters. The van der Waals surface area contributed by atoms with Gasteiger partial charge in [-0.2, -0.15) is 0 Å². The van der Waals surface area contributed by atoms with Gasteiger partial charge in [-0.25, -0.2) is 4.57 Å². The molecule has 0 amide bonds. The summed E-state index contributed by atoms with van der Waals surface area (Å²) in [4.78, 5) is 0. The SMILES string of the molecule is C=CCOP(=O)(OCC=C)OCc1ccccc1OC. The van der Waals surface area contributed by atoms with E-state index in [1.54, 1.807) is 13.2 Å². The highest BCUT2D eigenvalue weighted by atomic mass is 31.2. The first kappa shape index (κ1) is 16.7. The molecule has 0 atom stereocenters. The van der Waals surface area contributed by atoms with Crippen LogP contribution in [0.15, 0.2) is 49.6 Å². The van der Waals surface area contributed by atoms with Gasteiger partial charge in [0.15, 0.2) is 0 Å². The Kier molecular flexibility index (Phi) is 7.26. The fourth-order valence-electron chi connectivity index (χ4n) is 1.37. The first-order chi connectivity index (χ1) is 9.65. The lowest BCUT2D eigenvalue weighted by molar-refractivity contribution is 0.124. The Morgan fingerprint density at radius 1 is 1.10 bits per heavy atom. The second-order valence-electron chi connectivity index (χ2n) is 3.70. The Hall–Kier alpha value is -1.39. The van der Waals surface area contributed by atoms with Crippen LogP contribution in [0.3, 0.4) is 0 Å². The van der Waals surface area contributed by atoms with Crippen LogP contribution < -0.4 is 4.74 Å². The molecule has 0 aliphatic heterocycles. The normalized spacial score (nSPS) is 11.1. The Bertz CT molecular complexity index is 470. The molecule has 0 spiro atoms. The van der Waals surface area contributed by atoms with Crippen LogP contribution in [0.25, 0.3) is 0 Å². The number of hydrogen-bond donors (Lipinski definition) is 0. The lowest BCUT2D eigenvalue weighted by Crippen LogP contribution is -2.02. The summed E-state index contributed by atoms with van der Waals surface area (Å²) in [6.45, 7) is 7.18. The number of para-hydroxylation sites is 1. The maximum Gasteiger partial charge on any atom is 0.475 e. The average Bonchev–Trinajstić information content (AvgIpc) is 2.49. The summed E-state index contributed by atoms with van der Waals surface area (Å²) in [5.74, 6) is 0.645. The zero-order valence-corrected chi connectivity index (χ0v) is 12.4. The summed E-state index contributed by atoms with van der Waals surface area (Å²) in [7, 11) is -2.09. The topological polar surface area (TPSA) is 54.0 Å². The molecule has 0 heterocycles. The number of methoxy groups -OCH3 is 1. The van der Waals surface area contributed by atoms with Crippen LogP contribution in [0.5, 0.6) is 5.75 Å². The van der Waals surface area contributed by atoms with Gasteiger partial charge in [0.25, 0.3) is 0 Å². The van der Waals surface area contributed by atoms with E-state index in [4.69, 9.17) is 18.3 Å². The van der Waals surface area contributed by atoms with E-state index in [1.807, 2.05) is 18.2 Å². The fourth-order valence-corrected chi connectivity index (χ4v) is 2.47. The largest absolute Gasteiger partial charge is 0.496 e. The minimum atomic E-state index is -3.65. The van der Waals surface area contributed by atoms with Crippen LogP contribution in [0, 0.1) is 0 Å². The number of phosphoric ester groups is 1. The van der Waals surface area contributed by atoms with Crippen molar-refractivity contribution < 1.29 is 22.9 Å². The molecule has 20 heavy (non-hydrogen) atoms. The molecule has 1 aromatic rings. The van der Waals surface area contributed by atoms with Crippen molar-refractivity contribution in [3.63, 3.8) is 0 Å². The van der Waals surface area contributed by atoms with Crippen LogP contribution in [0.2, 0.25) is 0 Å². The van der Waals surface area contributed by atoms with Crippen LogP contribution in [0.4, 0.5) is 0 Å². The summed E-state index contributed by atoms with van der Waals surface area (Å²) in [6, 6.07) is 7.27. The van der Waals surface area contributed by atoms with Crippen molar-refractivity contribution in [3.05, 3.63) is 55.1 Å². The van der Waals surface area contributed by atoms with E-state index < -0.39 is 7.82 Å². The molecule has 0 N–H and O–H groups in total. The number of rotatable bonds is 10. The van der Waals surface area contributed by atoms with Crippen LogP contribution in [-0.4, -0.2) is 20.3 Å². The minimum absolute atomic E-state index is 0.0512. The molecule has 0 radical (unpaired) electrons. The molecule has 1 aromatic carbocycles. The van der Waals surface area contributed by atoms with Gasteiger partial charge in [0.2, 0.25) is 0 Å². The smallest absolute Gasteiger partial charge is 0.475 e. The van der Waals surface area contributed by atoms with Gasteiger partial charge in [-0.1, -0.05) is 30.4 Å². The van der Waals surface area contributed by atoms with E-state index in [1.165, 1.54) is 12.2 Å². The van der Waals surface area contributed by atoms with Gasteiger partial charge < -0.3 is 4.74 Å². The van der Waals surface area contributed by atoms with Crippen LogP contribution >= 0.6 is 7.82 Å². The van der Waals surface area contributed by atoms with Crippen LogP contribution in [0.1, 0.15) is 5.56 Å². The standard InChI is InChI=1S/C14H19O5P/c1-4-10-17-20(15,18-11-5-2)19-12-13-8-6-7-9-14(13)16-3/h4-9H,1-2,10-12H2,3H3. The van der Waals surface area contributed by atoms with E-state index >= 15 is 0 Å². The second-order valence-corrected chi connectivity index (χ2v) is 5.37. The van der Waals surface area contributed by atoms with Gasteiger partial charge in [0.1, 0.15) is 5.75 Å². The molecule has 110 valence electrons. The Balaban J connectivity index is 2.72.